The molecular weight excluding hydrogens is 392 g/mol. The van der Waals surface area contributed by atoms with Crippen molar-refractivity contribution in [1.82, 2.24) is 20.1 Å². The lowest BCUT2D eigenvalue weighted by Crippen LogP contribution is -2.22. The molecule has 0 unspecified atom stereocenters. The van der Waals surface area contributed by atoms with Crippen LogP contribution in [0.15, 0.2) is 96.2 Å². The van der Waals surface area contributed by atoms with Gasteiger partial charge in [0, 0.05) is 24.3 Å². The average molecular weight is 415 g/mol. The molecule has 0 spiro atoms. The van der Waals surface area contributed by atoms with Gasteiger partial charge < -0.3 is 5.32 Å². The minimum atomic E-state index is 0.0251. The maximum absolute atomic E-state index is 12.2. The zero-order valence-corrected chi connectivity index (χ0v) is 17.3. The number of hydrogen-bond acceptors (Lipinski definition) is 4. The van der Waals surface area contributed by atoms with Gasteiger partial charge in [-0.25, -0.2) is 9.67 Å². The fourth-order valence-electron chi connectivity index (χ4n) is 3.00. The number of thioether (sulfide) groups is 1. The van der Waals surface area contributed by atoms with E-state index >= 15 is 0 Å². The number of nitrogens with one attached hydrogen (secondary N) is 1. The lowest BCUT2D eigenvalue weighted by atomic mass is 10.2. The van der Waals surface area contributed by atoms with Gasteiger partial charge in [-0.2, -0.15) is 0 Å². The SMILES string of the molecule is O=C(CCSc1nc(-c2ccccc2)n(-c2ccccc2)n1)NCc1ccccc1. The molecule has 0 aliphatic heterocycles. The zero-order valence-electron chi connectivity index (χ0n) is 16.4. The van der Waals surface area contributed by atoms with Gasteiger partial charge in [0.25, 0.3) is 0 Å². The molecule has 1 amide bonds. The zero-order chi connectivity index (χ0) is 20.6. The minimum absolute atomic E-state index is 0.0251. The summed E-state index contributed by atoms with van der Waals surface area (Å²) in [6, 6.07) is 29.9. The van der Waals surface area contributed by atoms with Crippen LogP contribution in [0.2, 0.25) is 0 Å². The highest BCUT2D eigenvalue weighted by Gasteiger charge is 2.14. The summed E-state index contributed by atoms with van der Waals surface area (Å²) in [6.07, 6.45) is 0.415. The Balaban J connectivity index is 1.41. The maximum atomic E-state index is 12.2. The number of aromatic nitrogens is 3. The number of rotatable bonds is 8. The van der Waals surface area contributed by atoms with Crippen LogP contribution in [0.4, 0.5) is 0 Å². The van der Waals surface area contributed by atoms with E-state index in [1.165, 1.54) is 11.8 Å². The third-order valence-corrected chi connectivity index (χ3v) is 5.35. The van der Waals surface area contributed by atoms with Gasteiger partial charge in [0.1, 0.15) is 0 Å². The Morgan fingerprint density at radius 1 is 0.867 bits per heavy atom. The molecule has 0 radical (unpaired) electrons. The molecule has 4 aromatic rings. The first-order valence-electron chi connectivity index (χ1n) is 9.81. The van der Waals surface area contributed by atoms with E-state index in [4.69, 9.17) is 4.98 Å². The fraction of sp³-hybridized carbons (Fsp3) is 0.125. The van der Waals surface area contributed by atoms with Crippen LogP contribution in [0, 0.1) is 0 Å². The number of carbonyl (C=O) groups excluding carboxylic acids is 1. The Morgan fingerprint density at radius 2 is 1.50 bits per heavy atom. The fourth-order valence-corrected chi connectivity index (χ4v) is 3.76. The summed E-state index contributed by atoms with van der Waals surface area (Å²) < 4.78 is 1.85. The second-order valence-electron chi connectivity index (χ2n) is 6.69. The quantitative estimate of drug-likeness (QED) is 0.423. The Bertz CT molecular complexity index is 1030. The van der Waals surface area contributed by atoms with Crippen molar-refractivity contribution in [3.8, 4) is 17.1 Å². The molecule has 3 aromatic carbocycles. The summed E-state index contributed by atoms with van der Waals surface area (Å²) in [6.45, 7) is 0.545. The molecule has 0 atom stereocenters. The number of para-hydroxylation sites is 1. The van der Waals surface area contributed by atoms with Gasteiger partial charge in [0.05, 0.1) is 5.69 Å². The van der Waals surface area contributed by atoms with Crippen molar-refractivity contribution in [3.63, 3.8) is 0 Å². The average Bonchev–Trinajstić information content (AvgIpc) is 3.24. The van der Waals surface area contributed by atoms with Crippen LogP contribution in [0.1, 0.15) is 12.0 Å². The third kappa shape index (κ3) is 5.15. The van der Waals surface area contributed by atoms with Crippen molar-refractivity contribution in [2.45, 2.75) is 18.1 Å². The van der Waals surface area contributed by atoms with E-state index in [9.17, 15) is 4.79 Å². The van der Waals surface area contributed by atoms with Crippen LogP contribution < -0.4 is 5.32 Å². The van der Waals surface area contributed by atoms with Gasteiger partial charge in [-0.15, -0.1) is 5.10 Å². The molecule has 0 saturated carbocycles. The van der Waals surface area contributed by atoms with Crippen LogP contribution in [-0.2, 0) is 11.3 Å². The molecule has 0 fully saturated rings. The van der Waals surface area contributed by atoms with Crippen LogP contribution in [0.25, 0.3) is 17.1 Å². The second kappa shape index (κ2) is 9.89. The molecule has 150 valence electrons. The summed E-state index contributed by atoms with van der Waals surface area (Å²) in [5.41, 5.74) is 3.05. The van der Waals surface area contributed by atoms with Crippen LogP contribution in [-0.4, -0.2) is 26.4 Å². The van der Waals surface area contributed by atoms with Gasteiger partial charge in [-0.05, 0) is 17.7 Å². The number of benzene rings is 3. The van der Waals surface area contributed by atoms with Crippen molar-refractivity contribution in [2.24, 2.45) is 0 Å². The third-order valence-electron chi connectivity index (χ3n) is 4.51. The smallest absolute Gasteiger partial charge is 0.221 e. The minimum Gasteiger partial charge on any atom is -0.352 e. The first-order chi connectivity index (χ1) is 14.8. The molecule has 30 heavy (non-hydrogen) atoms. The van der Waals surface area contributed by atoms with Crippen molar-refractivity contribution < 1.29 is 4.79 Å². The monoisotopic (exact) mass is 414 g/mol. The first kappa shape index (κ1) is 19.9. The van der Waals surface area contributed by atoms with Crippen molar-refractivity contribution in [2.75, 3.05) is 5.75 Å². The molecule has 6 heteroatoms. The second-order valence-corrected chi connectivity index (χ2v) is 7.75. The number of hydrogen-bond donors (Lipinski definition) is 1. The molecule has 1 N–H and O–H groups in total. The van der Waals surface area contributed by atoms with Gasteiger partial charge in [-0.3, -0.25) is 4.79 Å². The molecule has 0 bridgehead atoms. The Morgan fingerprint density at radius 3 is 2.20 bits per heavy atom. The standard InChI is InChI=1S/C24H22N4OS/c29-22(25-18-19-10-4-1-5-11-19)16-17-30-24-26-23(20-12-6-2-7-13-20)28(27-24)21-14-8-3-9-15-21/h1-15H,16-18H2,(H,25,29). The molecular formula is C24H22N4OS. The van der Waals surface area contributed by atoms with Crippen LogP contribution in [0.5, 0.6) is 0 Å². The highest BCUT2D eigenvalue weighted by atomic mass is 32.2. The van der Waals surface area contributed by atoms with Crippen molar-refractivity contribution >= 4 is 17.7 Å². The van der Waals surface area contributed by atoms with E-state index in [0.717, 1.165) is 22.6 Å². The number of amides is 1. The largest absolute Gasteiger partial charge is 0.352 e. The lowest BCUT2D eigenvalue weighted by molar-refractivity contribution is -0.120. The molecule has 0 saturated heterocycles. The predicted molar refractivity (Wildman–Crippen MR) is 120 cm³/mol. The molecule has 5 nitrogen and oxygen atoms in total. The lowest BCUT2D eigenvalue weighted by Gasteiger charge is -2.05. The molecule has 0 aliphatic rings. The van der Waals surface area contributed by atoms with Gasteiger partial charge in [-0.1, -0.05) is 90.6 Å². The molecule has 0 aliphatic carbocycles. The van der Waals surface area contributed by atoms with E-state index in [2.05, 4.69) is 10.4 Å². The predicted octanol–water partition coefficient (Wildman–Crippen LogP) is 4.73. The van der Waals surface area contributed by atoms with E-state index in [1.54, 1.807) is 0 Å². The van der Waals surface area contributed by atoms with Gasteiger partial charge >= 0.3 is 0 Å². The van der Waals surface area contributed by atoms with Gasteiger partial charge in [0.2, 0.25) is 11.1 Å². The van der Waals surface area contributed by atoms with E-state index < -0.39 is 0 Å². The highest BCUT2D eigenvalue weighted by molar-refractivity contribution is 7.99. The summed E-state index contributed by atoms with van der Waals surface area (Å²) >= 11 is 1.49. The van der Waals surface area contributed by atoms with Gasteiger partial charge in [0.15, 0.2) is 5.82 Å². The van der Waals surface area contributed by atoms with Crippen LogP contribution >= 0.6 is 11.8 Å². The number of nitrogens with zero attached hydrogens (tertiary/aromatic N) is 3. The van der Waals surface area contributed by atoms with E-state index in [-0.39, 0.29) is 5.91 Å². The summed E-state index contributed by atoms with van der Waals surface area (Å²) in [5, 5.41) is 8.30. The molecule has 1 heterocycles. The maximum Gasteiger partial charge on any atom is 0.221 e. The van der Waals surface area contributed by atoms with E-state index in [1.807, 2.05) is 95.7 Å². The summed E-state index contributed by atoms with van der Waals surface area (Å²) in [5.74, 6) is 1.43. The van der Waals surface area contributed by atoms with Crippen LogP contribution in [0.3, 0.4) is 0 Å². The van der Waals surface area contributed by atoms with E-state index in [0.29, 0.717) is 23.9 Å². The molecule has 4 rings (SSSR count). The summed E-state index contributed by atoms with van der Waals surface area (Å²) in [7, 11) is 0. The Labute approximate surface area is 180 Å². The Kier molecular flexibility index (Phi) is 6.57. The first-order valence-corrected chi connectivity index (χ1v) is 10.8. The topological polar surface area (TPSA) is 59.8 Å². The van der Waals surface area contributed by atoms with Crippen molar-refractivity contribution in [3.05, 3.63) is 96.6 Å². The Hall–Kier alpha value is -3.38. The van der Waals surface area contributed by atoms with Crippen molar-refractivity contribution in [1.29, 1.82) is 0 Å². The molecule has 1 aromatic heterocycles. The normalized spacial score (nSPS) is 10.7. The highest BCUT2D eigenvalue weighted by Crippen LogP contribution is 2.25. The summed E-state index contributed by atoms with van der Waals surface area (Å²) in [4.78, 5) is 16.9. The number of carbonyl (C=O) groups is 1.